The van der Waals surface area contributed by atoms with Crippen LogP contribution in [0.2, 0.25) is 5.02 Å². The molecule has 0 radical (unpaired) electrons. The van der Waals surface area contributed by atoms with Crippen LogP contribution >= 0.6 is 11.6 Å². The zero-order valence-corrected chi connectivity index (χ0v) is 13.2. The summed E-state index contributed by atoms with van der Waals surface area (Å²) in [5.74, 6) is -0.00460. The Morgan fingerprint density at radius 1 is 1.50 bits per heavy atom. The van der Waals surface area contributed by atoms with Crippen LogP contribution in [0.5, 0.6) is 0 Å². The molecule has 1 amide bonds. The van der Waals surface area contributed by atoms with Crippen molar-refractivity contribution in [3.8, 4) is 5.69 Å². The summed E-state index contributed by atoms with van der Waals surface area (Å²) in [6, 6.07) is 7.37. The molecule has 3 rings (SSSR count). The predicted molar refractivity (Wildman–Crippen MR) is 84.5 cm³/mol. The van der Waals surface area contributed by atoms with Crippen LogP contribution in [0, 0.1) is 0 Å². The summed E-state index contributed by atoms with van der Waals surface area (Å²) < 4.78 is 7.27. The van der Waals surface area contributed by atoms with Crippen molar-refractivity contribution in [2.45, 2.75) is 19.4 Å². The third kappa shape index (κ3) is 3.15. The van der Waals surface area contributed by atoms with Crippen LogP contribution in [-0.4, -0.2) is 46.4 Å². The fourth-order valence-corrected chi connectivity index (χ4v) is 2.71. The lowest BCUT2D eigenvalue weighted by Crippen LogP contribution is -2.45. The Labute approximate surface area is 134 Å². The molecular weight excluding hydrogens is 302 g/mol. The minimum absolute atomic E-state index is 0.00460. The largest absolute Gasteiger partial charge is 0.375 e. The van der Waals surface area contributed by atoms with Crippen molar-refractivity contribution in [2.24, 2.45) is 0 Å². The maximum absolute atomic E-state index is 12.6. The zero-order valence-electron chi connectivity index (χ0n) is 12.4. The molecule has 0 bridgehead atoms. The molecule has 6 heteroatoms. The number of amides is 1. The molecule has 1 aromatic heterocycles. The van der Waals surface area contributed by atoms with Gasteiger partial charge in [-0.1, -0.05) is 24.6 Å². The first kappa shape index (κ1) is 15.1. The number of rotatable bonds is 3. The van der Waals surface area contributed by atoms with E-state index in [1.165, 1.54) is 0 Å². The first-order valence-electron chi connectivity index (χ1n) is 7.39. The van der Waals surface area contributed by atoms with Gasteiger partial charge in [0.1, 0.15) is 0 Å². The molecule has 5 nitrogen and oxygen atoms in total. The molecule has 2 aromatic rings. The van der Waals surface area contributed by atoms with Gasteiger partial charge in [-0.05, 0) is 24.6 Å². The lowest BCUT2D eigenvalue weighted by Gasteiger charge is -2.32. The topological polar surface area (TPSA) is 47.4 Å². The number of morpholine rings is 1. The number of hydrogen-bond donors (Lipinski definition) is 0. The average Bonchev–Trinajstić information content (AvgIpc) is 3.04. The minimum Gasteiger partial charge on any atom is -0.375 e. The van der Waals surface area contributed by atoms with Gasteiger partial charge in [0.2, 0.25) is 0 Å². The van der Waals surface area contributed by atoms with Gasteiger partial charge in [-0.2, -0.15) is 5.10 Å². The maximum atomic E-state index is 12.6. The molecule has 1 fully saturated rings. The van der Waals surface area contributed by atoms with Crippen molar-refractivity contribution in [2.75, 3.05) is 19.7 Å². The normalized spacial score (nSPS) is 18.5. The van der Waals surface area contributed by atoms with E-state index in [0.717, 1.165) is 12.1 Å². The van der Waals surface area contributed by atoms with E-state index in [1.54, 1.807) is 23.1 Å². The Hall–Kier alpha value is -1.85. The zero-order chi connectivity index (χ0) is 15.5. The molecule has 116 valence electrons. The van der Waals surface area contributed by atoms with E-state index in [1.807, 2.05) is 23.1 Å². The van der Waals surface area contributed by atoms with E-state index in [4.69, 9.17) is 16.3 Å². The van der Waals surface area contributed by atoms with Crippen LogP contribution in [-0.2, 0) is 4.74 Å². The highest BCUT2D eigenvalue weighted by atomic mass is 35.5. The summed E-state index contributed by atoms with van der Waals surface area (Å²) in [5, 5.41) is 4.90. The molecule has 0 unspecified atom stereocenters. The Morgan fingerprint density at radius 3 is 3.14 bits per heavy atom. The van der Waals surface area contributed by atoms with Crippen LogP contribution in [0.15, 0.2) is 36.7 Å². The van der Waals surface area contributed by atoms with Crippen molar-refractivity contribution in [3.63, 3.8) is 0 Å². The first-order chi connectivity index (χ1) is 10.7. The van der Waals surface area contributed by atoms with Gasteiger partial charge in [-0.25, -0.2) is 4.68 Å². The summed E-state index contributed by atoms with van der Waals surface area (Å²) in [6.45, 7) is 3.91. The summed E-state index contributed by atoms with van der Waals surface area (Å²) in [4.78, 5) is 14.4. The summed E-state index contributed by atoms with van der Waals surface area (Å²) >= 11 is 5.99. The summed E-state index contributed by atoms with van der Waals surface area (Å²) in [6.07, 6.45) is 4.37. The highest BCUT2D eigenvalue weighted by Crippen LogP contribution is 2.16. The van der Waals surface area contributed by atoms with Crippen molar-refractivity contribution in [3.05, 3.63) is 47.2 Å². The number of hydrogen-bond acceptors (Lipinski definition) is 3. The van der Waals surface area contributed by atoms with E-state index < -0.39 is 0 Å². The summed E-state index contributed by atoms with van der Waals surface area (Å²) in [7, 11) is 0. The van der Waals surface area contributed by atoms with Crippen LogP contribution in [0.25, 0.3) is 5.69 Å². The SMILES string of the molecule is CC[C@@H]1CN(C(=O)c2cnn(-c3cccc(Cl)c3)c2)CCO1. The Bertz CT molecular complexity index is 671. The van der Waals surface area contributed by atoms with Crippen molar-refractivity contribution in [1.82, 2.24) is 14.7 Å². The second kappa shape index (κ2) is 6.50. The number of benzene rings is 1. The molecular formula is C16H18ClN3O2. The first-order valence-corrected chi connectivity index (χ1v) is 7.76. The monoisotopic (exact) mass is 319 g/mol. The van der Waals surface area contributed by atoms with Gasteiger partial charge in [0, 0.05) is 24.3 Å². The van der Waals surface area contributed by atoms with E-state index in [0.29, 0.717) is 30.3 Å². The van der Waals surface area contributed by atoms with Crippen LogP contribution < -0.4 is 0 Å². The number of nitrogens with zero attached hydrogens (tertiary/aromatic N) is 3. The number of halogens is 1. The van der Waals surface area contributed by atoms with E-state index >= 15 is 0 Å². The highest BCUT2D eigenvalue weighted by molar-refractivity contribution is 6.30. The molecule has 22 heavy (non-hydrogen) atoms. The van der Waals surface area contributed by atoms with Crippen molar-refractivity contribution in [1.29, 1.82) is 0 Å². The van der Waals surface area contributed by atoms with Crippen molar-refractivity contribution >= 4 is 17.5 Å². The van der Waals surface area contributed by atoms with Gasteiger partial charge in [-0.3, -0.25) is 4.79 Å². The summed E-state index contributed by atoms with van der Waals surface area (Å²) in [5.41, 5.74) is 1.41. The van der Waals surface area contributed by atoms with Gasteiger partial charge in [0.15, 0.2) is 0 Å². The standard InChI is InChI=1S/C16H18ClN3O2/c1-2-15-11-19(6-7-22-15)16(21)12-9-18-20(10-12)14-5-3-4-13(17)8-14/h3-5,8-10,15H,2,6-7,11H2,1H3/t15-/m1/s1. The molecule has 2 heterocycles. The third-order valence-corrected chi connectivity index (χ3v) is 4.02. The molecule has 1 aliphatic heterocycles. The van der Waals surface area contributed by atoms with Gasteiger partial charge in [0.25, 0.3) is 5.91 Å². The molecule has 0 aliphatic carbocycles. The molecule has 1 saturated heterocycles. The lowest BCUT2D eigenvalue weighted by molar-refractivity contribution is -0.0226. The van der Waals surface area contributed by atoms with Gasteiger partial charge >= 0.3 is 0 Å². The van der Waals surface area contributed by atoms with Crippen LogP contribution in [0.3, 0.4) is 0 Å². The molecule has 1 aliphatic rings. The smallest absolute Gasteiger partial charge is 0.257 e. The fourth-order valence-electron chi connectivity index (χ4n) is 2.53. The van der Waals surface area contributed by atoms with Gasteiger partial charge in [0.05, 0.1) is 30.2 Å². The van der Waals surface area contributed by atoms with E-state index in [2.05, 4.69) is 12.0 Å². The average molecular weight is 320 g/mol. The highest BCUT2D eigenvalue weighted by Gasteiger charge is 2.24. The molecule has 0 spiro atoms. The van der Waals surface area contributed by atoms with Gasteiger partial charge in [-0.15, -0.1) is 0 Å². The quantitative estimate of drug-likeness (QED) is 0.874. The lowest BCUT2D eigenvalue weighted by atomic mass is 10.2. The number of carbonyl (C=O) groups excluding carboxylic acids is 1. The fraction of sp³-hybridized carbons (Fsp3) is 0.375. The van der Waals surface area contributed by atoms with E-state index in [-0.39, 0.29) is 12.0 Å². The van der Waals surface area contributed by atoms with Crippen LogP contribution in [0.4, 0.5) is 0 Å². The number of ether oxygens (including phenoxy) is 1. The molecule has 0 saturated carbocycles. The Kier molecular flexibility index (Phi) is 4.45. The van der Waals surface area contributed by atoms with Gasteiger partial charge < -0.3 is 9.64 Å². The number of carbonyl (C=O) groups is 1. The maximum Gasteiger partial charge on any atom is 0.257 e. The third-order valence-electron chi connectivity index (χ3n) is 3.78. The number of aromatic nitrogens is 2. The minimum atomic E-state index is -0.00460. The van der Waals surface area contributed by atoms with E-state index in [9.17, 15) is 4.79 Å². The molecule has 1 atom stereocenters. The van der Waals surface area contributed by atoms with Crippen LogP contribution in [0.1, 0.15) is 23.7 Å². The molecule has 0 N–H and O–H groups in total. The second-order valence-corrected chi connectivity index (χ2v) is 5.74. The Morgan fingerprint density at radius 2 is 2.36 bits per heavy atom. The van der Waals surface area contributed by atoms with Crippen molar-refractivity contribution < 1.29 is 9.53 Å². The molecule has 1 aromatic carbocycles. The Balaban J connectivity index is 1.77. The second-order valence-electron chi connectivity index (χ2n) is 5.31. The predicted octanol–water partition coefficient (Wildman–Crippen LogP) is 2.78.